The Hall–Kier alpha value is -7.02. The average molecular weight is 894 g/mol. The summed E-state index contributed by atoms with van der Waals surface area (Å²) in [7, 11) is 0. The van der Waals surface area contributed by atoms with E-state index in [9.17, 15) is 19.2 Å². The van der Waals surface area contributed by atoms with Crippen LogP contribution in [0.15, 0.2) is 144 Å². The van der Waals surface area contributed by atoms with Crippen LogP contribution in [0.5, 0.6) is 0 Å². The molecule has 2 aliphatic rings. The first-order valence-electron chi connectivity index (χ1n) is 20.9. The minimum atomic E-state index is -0.205. The lowest BCUT2D eigenvalue weighted by Gasteiger charge is -2.18. The number of aliphatic imine (C=N–C) groups is 2. The van der Waals surface area contributed by atoms with Gasteiger partial charge in [-0.15, -0.1) is 0 Å². The first-order valence-corrected chi connectivity index (χ1v) is 21.7. The van der Waals surface area contributed by atoms with E-state index < -0.39 is 0 Å². The maximum Gasteiger partial charge on any atom is 0.229 e. The monoisotopic (exact) mass is 892 g/mol. The molecule has 8 rings (SSSR count). The van der Waals surface area contributed by atoms with Crippen LogP contribution in [0.3, 0.4) is 0 Å². The van der Waals surface area contributed by atoms with E-state index in [1.165, 1.54) is 12.4 Å². The molecular formula is C50H46Cl2N8O4. The topological polar surface area (TPSA) is 158 Å². The van der Waals surface area contributed by atoms with Crippen molar-refractivity contribution in [3.8, 4) is 0 Å². The predicted molar refractivity (Wildman–Crippen MR) is 253 cm³/mol. The standard InChI is InChI=1S/C26H25ClN4O2.C24H21ClN4O2/c1-2-31-14-13-28-26(31)19-9-7-18(8-10-19)23(32)15-20-5-3-4-6-21(20)16-25(33)30-24-12-11-22(27)17-29-24;25-20-9-10-22(28-15-20)29-23(31)14-19-4-2-1-3-18(19)13-21(30)16-5-7-17(8-6-16)24-26-11-12-27-24/h3-12,17H,2,13-16H2,1H3,(H,29,30,33);1-10,15H,11-14H2,(H,26,27)(H,28,29,31). The van der Waals surface area contributed by atoms with Gasteiger partial charge in [0, 0.05) is 67.1 Å². The number of pyridine rings is 2. The van der Waals surface area contributed by atoms with Gasteiger partial charge in [0.2, 0.25) is 11.8 Å². The van der Waals surface area contributed by atoms with Crippen molar-refractivity contribution < 1.29 is 19.2 Å². The van der Waals surface area contributed by atoms with E-state index in [-0.39, 0.29) is 49.1 Å². The zero-order valence-electron chi connectivity index (χ0n) is 35.2. The number of nitrogens with one attached hydrogen (secondary N) is 3. The number of halogens is 2. The summed E-state index contributed by atoms with van der Waals surface area (Å²) < 4.78 is 0. The van der Waals surface area contributed by atoms with Crippen molar-refractivity contribution in [2.45, 2.75) is 32.6 Å². The Morgan fingerprint density at radius 1 is 0.578 bits per heavy atom. The van der Waals surface area contributed by atoms with Gasteiger partial charge in [0.15, 0.2) is 11.6 Å². The number of aromatic nitrogens is 2. The van der Waals surface area contributed by atoms with Crippen molar-refractivity contribution in [1.29, 1.82) is 0 Å². The fourth-order valence-corrected chi connectivity index (χ4v) is 7.47. The van der Waals surface area contributed by atoms with E-state index in [1.807, 2.05) is 97.1 Å². The summed E-state index contributed by atoms with van der Waals surface area (Å²) in [6.45, 7) is 6.39. The highest BCUT2D eigenvalue weighted by atomic mass is 35.5. The number of carbonyl (C=O) groups is 4. The van der Waals surface area contributed by atoms with Gasteiger partial charge in [-0.05, 0) is 53.4 Å². The molecule has 3 N–H and O–H groups in total. The number of hydrogen-bond donors (Lipinski definition) is 3. The van der Waals surface area contributed by atoms with Crippen LogP contribution in [0.2, 0.25) is 10.0 Å². The molecule has 0 fully saturated rings. The molecule has 0 saturated carbocycles. The zero-order valence-corrected chi connectivity index (χ0v) is 36.7. The van der Waals surface area contributed by atoms with Crippen molar-refractivity contribution in [3.63, 3.8) is 0 Å². The summed E-state index contributed by atoms with van der Waals surface area (Å²) in [5, 5.41) is 9.74. The number of carbonyl (C=O) groups excluding carboxylic acids is 4. The normalized spacial score (nSPS) is 12.9. The summed E-state index contributed by atoms with van der Waals surface area (Å²) >= 11 is 11.7. The van der Waals surface area contributed by atoms with Gasteiger partial charge in [0.05, 0.1) is 36.0 Å². The Kier molecular flexibility index (Phi) is 15.4. The number of likely N-dealkylation sites (N-methyl/N-ethyl adjacent to an activating group) is 1. The Morgan fingerprint density at radius 2 is 1.05 bits per heavy atom. The molecule has 0 saturated heterocycles. The van der Waals surface area contributed by atoms with Gasteiger partial charge in [-0.3, -0.25) is 29.2 Å². The molecule has 0 atom stereocenters. The molecule has 0 aliphatic carbocycles. The van der Waals surface area contributed by atoms with E-state index >= 15 is 0 Å². The van der Waals surface area contributed by atoms with Crippen LogP contribution in [-0.2, 0) is 35.3 Å². The fraction of sp³-hybridized carbons (Fsp3) is 0.200. The molecule has 324 valence electrons. The van der Waals surface area contributed by atoms with Gasteiger partial charge in [-0.1, -0.05) is 120 Å². The van der Waals surface area contributed by atoms with E-state index in [1.54, 1.807) is 24.3 Å². The summed E-state index contributed by atoms with van der Waals surface area (Å²) in [5.41, 5.74) is 6.56. The third kappa shape index (κ3) is 12.3. The highest BCUT2D eigenvalue weighted by Gasteiger charge is 2.19. The molecule has 4 heterocycles. The molecule has 12 nitrogen and oxygen atoms in total. The van der Waals surface area contributed by atoms with Crippen LogP contribution in [-0.4, -0.2) is 82.6 Å². The molecule has 2 aromatic heterocycles. The molecular weight excluding hydrogens is 848 g/mol. The van der Waals surface area contributed by atoms with Crippen molar-refractivity contribution in [1.82, 2.24) is 20.2 Å². The van der Waals surface area contributed by atoms with Crippen molar-refractivity contribution >= 4 is 69.9 Å². The summed E-state index contributed by atoms with van der Waals surface area (Å²) in [5.74, 6) is 2.33. The van der Waals surface area contributed by atoms with Crippen LogP contribution < -0.4 is 16.0 Å². The first-order chi connectivity index (χ1) is 31.1. The number of rotatable bonds is 15. The molecule has 2 aliphatic heterocycles. The molecule has 0 radical (unpaired) electrons. The number of ketones is 2. The zero-order chi connectivity index (χ0) is 44.8. The van der Waals surface area contributed by atoms with Crippen molar-refractivity contribution in [3.05, 3.63) is 188 Å². The average Bonchev–Trinajstić information content (AvgIpc) is 4.03. The van der Waals surface area contributed by atoms with Crippen LogP contribution in [0.1, 0.15) is 61.0 Å². The smallest absolute Gasteiger partial charge is 0.229 e. The first kappa shape index (κ1) is 45.0. The number of amidine groups is 2. The second-order valence-electron chi connectivity index (χ2n) is 15.0. The van der Waals surface area contributed by atoms with Crippen molar-refractivity contribution in [2.75, 3.05) is 43.4 Å². The van der Waals surface area contributed by atoms with E-state index in [2.05, 4.69) is 47.7 Å². The highest BCUT2D eigenvalue weighted by Crippen LogP contribution is 2.19. The lowest BCUT2D eigenvalue weighted by molar-refractivity contribution is -0.116. The highest BCUT2D eigenvalue weighted by molar-refractivity contribution is 6.30. The Bertz CT molecular complexity index is 2670. The SMILES string of the molecule is CCN1CCN=C1c1ccc(C(=O)Cc2ccccc2CC(=O)Nc2ccc(Cl)cn2)cc1.O=C(Cc1ccccc1CC(=O)c1ccc(C2=NCCN2)cc1)Nc1ccc(Cl)cn1. The maximum atomic E-state index is 13.0. The molecule has 4 aromatic carbocycles. The van der Waals surface area contributed by atoms with Crippen LogP contribution in [0.4, 0.5) is 11.6 Å². The number of benzene rings is 4. The van der Waals surface area contributed by atoms with E-state index in [0.29, 0.717) is 32.8 Å². The van der Waals surface area contributed by atoms with Crippen LogP contribution in [0.25, 0.3) is 0 Å². The van der Waals surface area contributed by atoms with Crippen LogP contribution in [0, 0.1) is 0 Å². The van der Waals surface area contributed by atoms with Gasteiger partial charge < -0.3 is 20.9 Å². The molecule has 6 aromatic rings. The lowest BCUT2D eigenvalue weighted by Crippen LogP contribution is -2.28. The number of amides is 2. The Labute approximate surface area is 381 Å². The molecule has 0 unspecified atom stereocenters. The summed E-state index contributed by atoms with van der Waals surface area (Å²) in [4.78, 5) is 70.1. The van der Waals surface area contributed by atoms with Gasteiger partial charge in [-0.2, -0.15) is 0 Å². The van der Waals surface area contributed by atoms with Gasteiger partial charge in [-0.25, -0.2) is 9.97 Å². The maximum absolute atomic E-state index is 13.0. The molecule has 0 bridgehead atoms. The predicted octanol–water partition coefficient (Wildman–Crippen LogP) is 8.12. The number of anilines is 2. The molecule has 64 heavy (non-hydrogen) atoms. The second-order valence-corrected chi connectivity index (χ2v) is 15.9. The van der Waals surface area contributed by atoms with Crippen LogP contribution >= 0.6 is 23.2 Å². The minimum absolute atomic E-state index is 0.0000889. The Balaban J connectivity index is 0.000000192. The third-order valence-corrected chi connectivity index (χ3v) is 11.0. The third-order valence-electron chi connectivity index (χ3n) is 10.6. The van der Waals surface area contributed by atoms with E-state index in [0.717, 1.165) is 77.8 Å². The minimum Gasteiger partial charge on any atom is -0.368 e. The molecule has 2 amide bonds. The second kappa shape index (κ2) is 21.9. The quantitative estimate of drug-likeness (QED) is 0.0873. The largest absolute Gasteiger partial charge is 0.368 e. The van der Waals surface area contributed by atoms with E-state index in [4.69, 9.17) is 23.2 Å². The Morgan fingerprint density at radius 3 is 1.47 bits per heavy atom. The number of Topliss-reactive ketones (excluding diaryl/α,β-unsaturated/α-hetero) is 2. The summed E-state index contributed by atoms with van der Waals surface area (Å²) in [6.07, 6.45) is 3.71. The molecule has 0 spiro atoms. The summed E-state index contributed by atoms with van der Waals surface area (Å²) in [6, 6.07) is 36.7. The van der Waals surface area contributed by atoms with Gasteiger partial charge in [0.25, 0.3) is 0 Å². The molecule has 14 heteroatoms. The number of nitrogens with zero attached hydrogens (tertiary/aromatic N) is 5. The van der Waals surface area contributed by atoms with Gasteiger partial charge in [0.1, 0.15) is 23.3 Å². The van der Waals surface area contributed by atoms with Crippen molar-refractivity contribution in [2.24, 2.45) is 9.98 Å². The fourth-order valence-electron chi connectivity index (χ4n) is 7.25. The number of hydrogen-bond acceptors (Lipinski definition) is 10. The van der Waals surface area contributed by atoms with Gasteiger partial charge >= 0.3 is 0 Å². The lowest BCUT2D eigenvalue weighted by atomic mass is 9.96.